The summed E-state index contributed by atoms with van der Waals surface area (Å²) in [7, 11) is 0. The maximum absolute atomic E-state index is 12.3. The molecule has 3 rings (SSSR count). The number of halogens is 2. The second-order valence-corrected chi connectivity index (χ2v) is 6.22. The third-order valence-corrected chi connectivity index (χ3v) is 4.45. The van der Waals surface area contributed by atoms with E-state index in [1.54, 1.807) is 24.3 Å². The molecular weight excluding hydrogens is 402 g/mol. The second kappa shape index (κ2) is 6.21. The maximum atomic E-state index is 12.3. The number of hydrogen-bond donors (Lipinski definition) is 1. The molecule has 0 unspecified atom stereocenters. The maximum Gasteiger partial charge on any atom is 0.272 e. The van der Waals surface area contributed by atoms with Crippen LogP contribution in [0.4, 0.5) is 11.4 Å². The van der Waals surface area contributed by atoms with Crippen LogP contribution in [0.3, 0.4) is 0 Å². The minimum absolute atomic E-state index is 0.104. The number of amides is 2. The quantitative estimate of drug-likeness (QED) is 0.471. The van der Waals surface area contributed by atoms with E-state index < -0.39 is 16.7 Å². The van der Waals surface area contributed by atoms with Crippen molar-refractivity contribution in [3.8, 4) is 0 Å². The number of carbonyl (C=O) groups excluding carboxylic acids is 2. The number of non-ortho nitro benzene ring substituents is 1. The van der Waals surface area contributed by atoms with Gasteiger partial charge in [0.2, 0.25) is 0 Å². The fourth-order valence-electron chi connectivity index (χ4n) is 2.37. The van der Waals surface area contributed by atoms with Crippen molar-refractivity contribution >= 4 is 50.7 Å². The molecule has 1 aliphatic heterocycles. The van der Waals surface area contributed by atoms with Gasteiger partial charge in [-0.05, 0) is 28.1 Å². The van der Waals surface area contributed by atoms with Crippen LogP contribution < -0.4 is 5.32 Å². The Morgan fingerprint density at radius 1 is 1.17 bits per heavy atom. The van der Waals surface area contributed by atoms with E-state index in [2.05, 4.69) is 21.2 Å². The molecule has 0 fully saturated rings. The van der Waals surface area contributed by atoms with Crippen LogP contribution >= 0.6 is 27.5 Å². The van der Waals surface area contributed by atoms with E-state index in [-0.39, 0.29) is 17.4 Å². The third kappa shape index (κ3) is 2.74. The molecule has 0 aliphatic carbocycles. The summed E-state index contributed by atoms with van der Waals surface area (Å²) in [4.78, 5) is 35.8. The zero-order valence-corrected chi connectivity index (χ0v) is 14.3. The number of hydrogen-bond acceptors (Lipinski definition) is 5. The van der Waals surface area contributed by atoms with Crippen LogP contribution in [0.25, 0.3) is 0 Å². The molecule has 2 amide bonds. The van der Waals surface area contributed by atoms with Gasteiger partial charge >= 0.3 is 0 Å². The molecule has 9 heteroatoms. The van der Waals surface area contributed by atoms with Crippen LogP contribution in [0.2, 0.25) is 5.02 Å². The standard InChI is InChI=1S/C15H9BrClN3O4/c16-11-5-8(20(23)24)6-12(17)13(11)18-7-19-14(21)9-3-1-2-4-10(9)15(19)22/h1-6,18H,7H2. The van der Waals surface area contributed by atoms with E-state index in [0.29, 0.717) is 21.3 Å². The molecule has 24 heavy (non-hydrogen) atoms. The van der Waals surface area contributed by atoms with Gasteiger partial charge in [-0.25, -0.2) is 0 Å². The highest BCUT2D eigenvalue weighted by atomic mass is 79.9. The Labute approximate surface area is 149 Å². The van der Waals surface area contributed by atoms with E-state index in [1.165, 1.54) is 12.1 Å². The lowest BCUT2D eigenvalue weighted by Crippen LogP contribution is -2.34. The van der Waals surface area contributed by atoms with Crippen LogP contribution in [-0.2, 0) is 0 Å². The summed E-state index contributed by atoms with van der Waals surface area (Å²) < 4.78 is 0.360. The first kappa shape index (κ1) is 16.4. The largest absolute Gasteiger partial charge is 0.365 e. The van der Waals surface area contributed by atoms with Crippen LogP contribution in [0, 0.1) is 10.1 Å². The van der Waals surface area contributed by atoms with E-state index >= 15 is 0 Å². The topological polar surface area (TPSA) is 92.6 Å². The zero-order chi connectivity index (χ0) is 17.4. The van der Waals surface area contributed by atoms with E-state index in [1.807, 2.05) is 0 Å². The summed E-state index contributed by atoms with van der Waals surface area (Å²) >= 11 is 9.24. The van der Waals surface area contributed by atoms with Crippen LogP contribution in [0.15, 0.2) is 40.9 Å². The fraction of sp³-hybridized carbons (Fsp3) is 0.0667. The molecule has 1 heterocycles. The first-order valence-electron chi connectivity index (χ1n) is 6.72. The normalized spacial score (nSPS) is 13.2. The number of rotatable bonds is 4. The highest BCUT2D eigenvalue weighted by Gasteiger charge is 2.35. The van der Waals surface area contributed by atoms with Gasteiger partial charge in [-0.15, -0.1) is 0 Å². The molecule has 0 spiro atoms. The van der Waals surface area contributed by atoms with Crippen molar-refractivity contribution in [1.82, 2.24) is 4.90 Å². The number of fused-ring (bicyclic) bond motifs is 1. The molecule has 0 bridgehead atoms. The van der Waals surface area contributed by atoms with Crippen LogP contribution in [-0.4, -0.2) is 28.3 Å². The summed E-state index contributed by atoms with van der Waals surface area (Å²) in [5, 5.41) is 13.8. The van der Waals surface area contributed by atoms with Crippen molar-refractivity contribution in [3.05, 3.63) is 67.1 Å². The Morgan fingerprint density at radius 2 is 1.75 bits per heavy atom. The van der Waals surface area contributed by atoms with Gasteiger partial charge < -0.3 is 5.32 Å². The van der Waals surface area contributed by atoms with Gasteiger partial charge in [0.15, 0.2) is 0 Å². The van der Waals surface area contributed by atoms with Gasteiger partial charge in [0, 0.05) is 16.6 Å². The Balaban J connectivity index is 1.82. The Morgan fingerprint density at radius 3 is 2.25 bits per heavy atom. The molecule has 1 aliphatic rings. The average Bonchev–Trinajstić information content (AvgIpc) is 2.79. The van der Waals surface area contributed by atoms with Crippen molar-refractivity contribution < 1.29 is 14.5 Å². The summed E-state index contributed by atoms with van der Waals surface area (Å²) in [5.41, 5.74) is 0.883. The summed E-state index contributed by atoms with van der Waals surface area (Å²) in [6.45, 7) is -0.109. The fourth-order valence-corrected chi connectivity index (χ4v) is 3.36. The number of benzene rings is 2. The lowest BCUT2D eigenvalue weighted by molar-refractivity contribution is -0.384. The number of imide groups is 1. The molecule has 1 N–H and O–H groups in total. The molecule has 0 atom stereocenters. The molecule has 2 aromatic carbocycles. The van der Waals surface area contributed by atoms with E-state index in [9.17, 15) is 19.7 Å². The number of nitro groups is 1. The molecule has 0 saturated carbocycles. The highest BCUT2D eigenvalue weighted by molar-refractivity contribution is 9.10. The number of anilines is 1. The van der Waals surface area contributed by atoms with Crippen molar-refractivity contribution in [2.24, 2.45) is 0 Å². The predicted octanol–water partition coefficient (Wildman–Crippen LogP) is 3.68. The lowest BCUT2D eigenvalue weighted by atomic mass is 10.1. The van der Waals surface area contributed by atoms with E-state index in [0.717, 1.165) is 4.90 Å². The van der Waals surface area contributed by atoms with Gasteiger partial charge in [-0.1, -0.05) is 23.7 Å². The summed E-state index contributed by atoms with van der Waals surface area (Å²) in [6, 6.07) is 9.03. The number of carbonyl (C=O) groups is 2. The van der Waals surface area contributed by atoms with Gasteiger partial charge in [0.25, 0.3) is 17.5 Å². The SMILES string of the molecule is O=C1c2ccccc2C(=O)N1CNc1c(Cl)cc([N+](=O)[O-])cc1Br. The molecule has 2 aromatic rings. The third-order valence-electron chi connectivity index (χ3n) is 3.53. The van der Waals surface area contributed by atoms with Crippen molar-refractivity contribution in [2.75, 3.05) is 12.0 Å². The molecule has 7 nitrogen and oxygen atoms in total. The van der Waals surface area contributed by atoms with Gasteiger partial charge in [0.05, 0.1) is 33.4 Å². The molecule has 122 valence electrons. The van der Waals surface area contributed by atoms with Gasteiger partial charge in [-0.2, -0.15) is 0 Å². The molecule has 0 aromatic heterocycles. The molecule has 0 radical (unpaired) electrons. The number of nitrogens with zero attached hydrogens (tertiary/aromatic N) is 2. The van der Waals surface area contributed by atoms with E-state index in [4.69, 9.17) is 11.6 Å². The predicted molar refractivity (Wildman–Crippen MR) is 91.2 cm³/mol. The molecular formula is C15H9BrClN3O4. The lowest BCUT2D eigenvalue weighted by Gasteiger charge is -2.17. The zero-order valence-electron chi connectivity index (χ0n) is 12.0. The first-order valence-corrected chi connectivity index (χ1v) is 7.89. The highest BCUT2D eigenvalue weighted by Crippen LogP contribution is 2.35. The summed E-state index contributed by atoms with van der Waals surface area (Å²) in [5.74, 6) is -0.811. The van der Waals surface area contributed by atoms with Crippen molar-refractivity contribution in [2.45, 2.75) is 0 Å². The monoisotopic (exact) mass is 409 g/mol. The van der Waals surface area contributed by atoms with Crippen molar-refractivity contribution in [3.63, 3.8) is 0 Å². The van der Waals surface area contributed by atoms with Crippen LogP contribution in [0.5, 0.6) is 0 Å². The van der Waals surface area contributed by atoms with Gasteiger partial charge in [0.1, 0.15) is 0 Å². The Kier molecular flexibility index (Phi) is 4.25. The number of nitrogens with one attached hydrogen (secondary N) is 1. The van der Waals surface area contributed by atoms with Crippen molar-refractivity contribution in [1.29, 1.82) is 0 Å². The smallest absolute Gasteiger partial charge is 0.272 e. The van der Waals surface area contributed by atoms with Gasteiger partial charge in [-0.3, -0.25) is 24.6 Å². The molecule has 0 saturated heterocycles. The second-order valence-electron chi connectivity index (χ2n) is 4.96. The Bertz CT molecular complexity index is 829. The summed E-state index contributed by atoms with van der Waals surface area (Å²) in [6.07, 6.45) is 0. The van der Waals surface area contributed by atoms with Crippen LogP contribution in [0.1, 0.15) is 20.7 Å². The average molecular weight is 411 g/mol. The minimum atomic E-state index is -0.565. The first-order chi connectivity index (χ1) is 11.4. The minimum Gasteiger partial charge on any atom is -0.365 e. The number of nitro benzene ring substituents is 1. The Hall–Kier alpha value is -2.45.